The molecule has 21 heavy (non-hydrogen) atoms. The average molecular weight is 353 g/mol. The molecule has 0 atom stereocenters. The quantitative estimate of drug-likeness (QED) is 0.905. The molecule has 1 heterocycles. The molecule has 0 unspecified atom stereocenters. The van der Waals surface area contributed by atoms with Crippen LogP contribution in [-0.2, 0) is 9.59 Å². The normalized spacial score (nSPS) is 17.4. The Bertz CT molecular complexity index is 520. The number of amides is 2. The number of halogens is 1. The lowest BCUT2D eigenvalue weighted by Gasteiger charge is -2.38. The highest BCUT2D eigenvalue weighted by molar-refractivity contribution is 9.10. The Labute approximate surface area is 134 Å². The number of hydrogen-bond donors (Lipinski definition) is 1. The number of piperidine rings is 1. The van der Waals surface area contributed by atoms with Gasteiger partial charge in [-0.2, -0.15) is 0 Å². The van der Waals surface area contributed by atoms with Gasteiger partial charge >= 0.3 is 0 Å². The Morgan fingerprint density at radius 2 is 1.81 bits per heavy atom. The number of nitrogens with one attached hydrogen (secondary N) is 1. The van der Waals surface area contributed by atoms with Gasteiger partial charge in [-0.05, 0) is 42.5 Å². The van der Waals surface area contributed by atoms with Crippen LogP contribution in [0.1, 0.15) is 33.1 Å². The van der Waals surface area contributed by atoms with Gasteiger partial charge in [0, 0.05) is 36.6 Å². The lowest BCUT2D eigenvalue weighted by molar-refractivity contribution is -0.131. The topological polar surface area (TPSA) is 49.4 Å². The van der Waals surface area contributed by atoms with E-state index in [2.05, 4.69) is 28.2 Å². The highest BCUT2D eigenvalue weighted by Gasteiger charge is 2.32. The fourth-order valence-electron chi connectivity index (χ4n) is 2.66. The summed E-state index contributed by atoms with van der Waals surface area (Å²) in [6.07, 6.45) is 2.25. The number of carbonyl (C=O) groups excluding carboxylic acids is 2. The van der Waals surface area contributed by atoms with E-state index in [1.54, 1.807) is 6.92 Å². The Kier molecular flexibility index (Phi) is 5.04. The van der Waals surface area contributed by atoms with E-state index in [1.165, 1.54) is 0 Å². The Hall–Kier alpha value is -1.36. The zero-order valence-corrected chi connectivity index (χ0v) is 14.1. The summed E-state index contributed by atoms with van der Waals surface area (Å²) in [5.74, 6) is 0.160. The van der Waals surface area contributed by atoms with Crippen LogP contribution < -0.4 is 5.32 Å². The van der Waals surface area contributed by atoms with Crippen LogP contribution in [-0.4, -0.2) is 29.8 Å². The van der Waals surface area contributed by atoms with Crippen LogP contribution in [0.3, 0.4) is 0 Å². The fourth-order valence-corrected chi connectivity index (χ4v) is 2.93. The zero-order chi connectivity index (χ0) is 15.5. The maximum Gasteiger partial charge on any atom is 0.224 e. The van der Waals surface area contributed by atoms with Crippen molar-refractivity contribution >= 4 is 33.4 Å². The van der Waals surface area contributed by atoms with Crippen molar-refractivity contribution < 1.29 is 9.59 Å². The molecule has 114 valence electrons. The van der Waals surface area contributed by atoms with E-state index in [1.807, 2.05) is 29.2 Å². The van der Waals surface area contributed by atoms with Gasteiger partial charge < -0.3 is 10.2 Å². The molecule has 0 saturated carbocycles. The van der Waals surface area contributed by atoms with Crippen molar-refractivity contribution in [3.8, 4) is 0 Å². The number of likely N-dealkylation sites (tertiary alicyclic amines) is 1. The van der Waals surface area contributed by atoms with Gasteiger partial charge in [0.05, 0.1) is 0 Å². The Balaban J connectivity index is 1.87. The smallest absolute Gasteiger partial charge is 0.224 e. The van der Waals surface area contributed by atoms with Crippen LogP contribution in [0.4, 0.5) is 5.69 Å². The number of rotatable bonds is 3. The lowest BCUT2D eigenvalue weighted by Crippen LogP contribution is -2.42. The van der Waals surface area contributed by atoms with E-state index in [9.17, 15) is 9.59 Å². The van der Waals surface area contributed by atoms with Crippen molar-refractivity contribution in [1.82, 2.24) is 4.90 Å². The summed E-state index contributed by atoms with van der Waals surface area (Å²) in [4.78, 5) is 25.4. The SMILES string of the molecule is CC(=O)N1CCC(C)(CC(=O)Nc2ccc(Br)cc2)CC1. The maximum absolute atomic E-state index is 12.2. The van der Waals surface area contributed by atoms with Crippen molar-refractivity contribution in [1.29, 1.82) is 0 Å². The van der Waals surface area contributed by atoms with E-state index in [4.69, 9.17) is 0 Å². The third-order valence-corrected chi connectivity index (χ3v) is 4.66. The number of benzene rings is 1. The molecule has 1 aromatic carbocycles. The molecule has 0 radical (unpaired) electrons. The fraction of sp³-hybridized carbons (Fsp3) is 0.500. The molecule has 1 fully saturated rings. The standard InChI is InChI=1S/C16H21BrN2O2/c1-12(20)19-9-7-16(2,8-10-19)11-15(21)18-14-5-3-13(17)4-6-14/h3-6H,7-11H2,1-2H3,(H,18,21). The minimum absolute atomic E-state index is 0.0224. The van der Waals surface area contributed by atoms with Gasteiger partial charge in [-0.25, -0.2) is 0 Å². The molecule has 1 aromatic rings. The predicted molar refractivity (Wildman–Crippen MR) is 87.0 cm³/mol. The monoisotopic (exact) mass is 352 g/mol. The molecule has 2 amide bonds. The van der Waals surface area contributed by atoms with Crippen LogP contribution >= 0.6 is 15.9 Å². The van der Waals surface area contributed by atoms with Gasteiger partial charge in [0.15, 0.2) is 0 Å². The molecule has 0 aliphatic carbocycles. The van der Waals surface area contributed by atoms with Crippen molar-refractivity contribution in [2.45, 2.75) is 33.1 Å². The van der Waals surface area contributed by atoms with Crippen molar-refractivity contribution in [2.75, 3.05) is 18.4 Å². The van der Waals surface area contributed by atoms with Crippen molar-refractivity contribution in [3.63, 3.8) is 0 Å². The molecular weight excluding hydrogens is 332 g/mol. The molecule has 1 N–H and O–H groups in total. The average Bonchev–Trinajstić information content (AvgIpc) is 2.41. The van der Waals surface area contributed by atoms with Crippen molar-refractivity contribution in [2.24, 2.45) is 5.41 Å². The molecule has 1 aliphatic heterocycles. The summed E-state index contributed by atoms with van der Waals surface area (Å²) in [5, 5.41) is 2.94. The minimum atomic E-state index is -0.0224. The first-order chi connectivity index (χ1) is 9.88. The number of carbonyl (C=O) groups is 2. The number of hydrogen-bond acceptors (Lipinski definition) is 2. The summed E-state index contributed by atoms with van der Waals surface area (Å²) in [6, 6.07) is 7.57. The summed E-state index contributed by atoms with van der Waals surface area (Å²) in [6.45, 7) is 5.23. The summed E-state index contributed by atoms with van der Waals surface area (Å²) < 4.78 is 0.990. The van der Waals surface area contributed by atoms with Crippen molar-refractivity contribution in [3.05, 3.63) is 28.7 Å². The second-order valence-electron chi connectivity index (χ2n) is 6.05. The zero-order valence-electron chi connectivity index (χ0n) is 12.5. The molecule has 0 spiro atoms. The van der Waals surface area contributed by atoms with Crippen LogP contribution in [0.25, 0.3) is 0 Å². The highest BCUT2D eigenvalue weighted by atomic mass is 79.9. The number of anilines is 1. The highest BCUT2D eigenvalue weighted by Crippen LogP contribution is 2.34. The van der Waals surface area contributed by atoms with Gasteiger partial charge in [0.2, 0.25) is 11.8 Å². The van der Waals surface area contributed by atoms with Gasteiger partial charge in [0.1, 0.15) is 0 Å². The van der Waals surface area contributed by atoms with E-state index in [-0.39, 0.29) is 17.2 Å². The summed E-state index contributed by atoms with van der Waals surface area (Å²) >= 11 is 3.37. The summed E-state index contributed by atoms with van der Waals surface area (Å²) in [5.41, 5.74) is 0.791. The second kappa shape index (κ2) is 6.60. The first-order valence-corrected chi connectivity index (χ1v) is 7.98. The molecule has 5 heteroatoms. The van der Waals surface area contributed by atoms with Crippen LogP contribution in [0.2, 0.25) is 0 Å². The second-order valence-corrected chi connectivity index (χ2v) is 6.96. The van der Waals surface area contributed by atoms with Gasteiger partial charge in [-0.15, -0.1) is 0 Å². The number of nitrogens with zero attached hydrogens (tertiary/aromatic N) is 1. The third-order valence-electron chi connectivity index (χ3n) is 4.13. The molecule has 2 rings (SSSR count). The molecular formula is C16H21BrN2O2. The van der Waals surface area contributed by atoms with E-state index in [0.717, 1.165) is 36.1 Å². The molecule has 0 bridgehead atoms. The molecule has 4 nitrogen and oxygen atoms in total. The van der Waals surface area contributed by atoms with E-state index < -0.39 is 0 Å². The maximum atomic E-state index is 12.2. The Morgan fingerprint density at radius 1 is 1.24 bits per heavy atom. The largest absolute Gasteiger partial charge is 0.343 e. The minimum Gasteiger partial charge on any atom is -0.343 e. The lowest BCUT2D eigenvalue weighted by atomic mass is 9.77. The molecule has 1 aliphatic rings. The summed E-state index contributed by atoms with van der Waals surface area (Å²) in [7, 11) is 0. The van der Waals surface area contributed by atoms with Gasteiger partial charge in [-0.1, -0.05) is 22.9 Å². The van der Waals surface area contributed by atoms with Crippen LogP contribution in [0.5, 0.6) is 0 Å². The van der Waals surface area contributed by atoms with Crippen LogP contribution in [0.15, 0.2) is 28.7 Å². The first-order valence-electron chi connectivity index (χ1n) is 7.19. The van der Waals surface area contributed by atoms with Gasteiger partial charge in [0.25, 0.3) is 0 Å². The molecule has 0 aromatic heterocycles. The van der Waals surface area contributed by atoms with Crippen LogP contribution in [0, 0.1) is 5.41 Å². The molecule has 1 saturated heterocycles. The van der Waals surface area contributed by atoms with Gasteiger partial charge in [-0.3, -0.25) is 9.59 Å². The predicted octanol–water partition coefficient (Wildman–Crippen LogP) is 3.43. The van der Waals surface area contributed by atoms with E-state index >= 15 is 0 Å². The van der Waals surface area contributed by atoms with E-state index in [0.29, 0.717) is 6.42 Å². The Morgan fingerprint density at radius 3 is 2.33 bits per heavy atom. The first kappa shape index (κ1) is 16.0. The third kappa shape index (κ3) is 4.56.